The Kier molecular flexibility index (Phi) is 11.1. The molecule has 0 unspecified atom stereocenters. The third kappa shape index (κ3) is 3.96. The number of halogens is 2. The molecule has 1 heterocycles. The molecule has 0 saturated heterocycles. The molecular formula is C3H4Cl2KN3O5. The molecule has 1 rings (SSSR count). The minimum Gasteiger partial charge on any atom is -0.845 e. The summed E-state index contributed by atoms with van der Waals surface area (Å²) in [5.41, 5.74) is -2.27. The fourth-order valence-electron chi connectivity index (χ4n) is 0.410. The van der Waals surface area contributed by atoms with Crippen molar-refractivity contribution in [2.45, 2.75) is 0 Å². The van der Waals surface area contributed by atoms with Gasteiger partial charge in [-0.15, -0.1) is 4.09 Å². The van der Waals surface area contributed by atoms with Crippen LogP contribution in [0.1, 0.15) is 0 Å². The first kappa shape index (κ1) is 20.0. The van der Waals surface area contributed by atoms with Gasteiger partial charge in [-0.2, -0.15) is 9.07 Å². The van der Waals surface area contributed by atoms with Crippen LogP contribution in [0.3, 0.4) is 0 Å². The van der Waals surface area contributed by atoms with Gasteiger partial charge < -0.3 is 16.1 Å². The molecule has 0 spiro atoms. The topological polar surface area (TPSA) is 143 Å². The normalized spacial score (nSPS) is 7.86. The van der Waals surface area contributed by atoms with E-state index >= 15 is 0 Å². The molecule has 1 aromatic heterocycles. The number of hydrogen-bond donors (Lipinski definition) is 0. The van der Waals surface area contributed by atoms with Crippen molar-refractivity contribution >= 4 is 23.6 Å². The average Bonchev–Trinajstić information content (AvgIpc) is 1.97. The van der Waals surface area contributed by atoms with Crippen LogP contribution in [0.4, 0.5) is 0 Å². The van der Waals surface area contributed by atoms with Gasteiger partial charge in [-0.3, -0.25) is 0 Å². The zero-order valence-electron chi connectivity index (χ0n) is 6.82. The van der Waals surface area contributed by atoms with Crippen molar-refractivity contribution in [1.29, 1.82) is 0 Å². The van der Waals surface area contributed by atoms with Crippen molar-refractivity contribution in [3.63, 3.8) is 0 Å². The van der Waals surface area contributed by atoms with E-state index < -0.39 is 17.4 Å². The molecule has 0 aliphatic carbocycles. The summed E-state index contributed by atoms with van der Waals surface area (Å²) in [6.07, 6.45) is 0. The van der Waals surface area contributed by atoms with E-state index in [1.165, 1.54) is 0 Å². The summed E-state index contributed by atoms with van der Waals surface area (Å²) in [6.45, 7) is 0. The van der Waals surface area contributed by atoms with Gasteiger partial charge in [0, 0.05) is 23.6 Å². The first-order valence-electron chi connectivity index (χ1n) is 2.29. The van der Waals surface area contributed by atoms with Gasteiger partial charge in [0.15, 0.2) is 0 Å². The fourth-order valence-corrected chi connectivity index (χ4v) is 0.676. The zero-order chi connectivity index (χ0) is 8.59. The standard InChI is InChI=1S/C3HCl2N3O3.K.2H2O/c4-7-1(9)6-2(10)8(5)3(7)11;;;/h(H,6,9,10);;2*1H2/q;+1;;/p-1. The Morgan fingerprint density at radius 3 is 2.00 bits per heavy atom. The molecule has 1 aromatic rings. The van der Waals surface area contributed by atoms with Crippen molar-refractivity contribution in [2.24, 2.45) is 0 Å². The predicted octanol–water partition coefficient (Wildman–Crippen LogP) is -6.16. The Hall–Kier alpha value is 0.546. The van der Waals surface area contributed by atoms with Gasteiger partial charge >= 0.3 is 62.8 Å². The second-order valence-corrected chi connectivity index (χ2v) is 2.20. The van der Waals surface area contributed by atoms with Gasteiger partial charge in [0.1, 0.15) is 0 Å². The van der Waals surface area contributed by atoms with Crippen LogP contribution in [0.2, 0.25) is 0 Å². The number of aromatic nitrogens is 3. The summed E-state index contributed by atoms with van der Waals surface area (Å²) in [4.78, 5) is 23.9. The predicted molar refractivity (Wildman–Crippen MR) is 41.9 cm³/mol. The summed E-state index contributed by atoms with van der Waals surface area (Å²) in [5.74, 6) is 0. The molecule has 8 nitrogen and oxygen atoms in total. The monoisotopic (exact) mass is 271 g/mol. The molecule has 0 atom stereocenters. The van der Waals surface area contributed by atoms with E-state index in [0.29, 0.717) is 0 Å². The van der Waals surface area contributed by atoms with Crippen molar-refractivity contribution in [3.8, 4) is 6.01 Å². The maximum absolute atomic E-state index is 10.6. The van der Waals surface area contributed by atoms with Crippen molar-refractivity contribution in [3.05, 3.63) is 21.0 Å². The zero-order valence-corrected chi connectivity index (χ0v) is 11.5. The molecule has 11 heteroatoms. The third-order valence-corrected chi connectivity index (χ3v) is 1.44. The Morgan fingerprint density at radius 2 is 1.57 bits per heavy atom. The molecule has 0 bridgehead atoms. The van der Waals surface area contributed by atoms with Crippen LogP contribution >= 0.6 is 23.6 Å². The van der Waals surface area contributed by atoms with E-state index in [2.05, 4.69) is 4.98 Å². The maximum Gasteiger partial charge on any atom is 1.00 e. The van der Waals surface area contributed by atoms with Crippen LogP contribution in [-0.2, 0) is 0 Å². The summed E-state index contributed by atoms with van der Waals surface area (Å²) >= 11 is 10.1. The van der Waals surface area contributed by atoms with E-state index in [0.717, 1.165) is 0 Å². The molecule has 0 amide bonds. The molecule has 0 radical (unpaired) electrons. The largest absolute Gasteiger partial charge is 1.00 e. The molecular weight excluding hydrogens is 268 g/mol. The molecule has 0 aliphatic heterocycles. The van der Waals surface area contributed by atoms with Gasteiger partial charge in [0.2, 0.25) is 0 Å². The molecule has 4 N–H and O–H groups in total. The van der Waals surface area contributed by atoms with Crippen LogP contribution in [0.25, 0.3) is 0 Å². The van der Waals surface area contributed by atoms with Crippen LogP contribution < -0.4 is 67.9 Å². The Morgan fingerprint density at radius 1 is 1.14 bits per heavy atom. The Balaban J connectivity index is -0.000000403. The Labute approximate surface area is 129 Å². The maximum atomic E-state index is 10.6. The molecule has 0 fully saturated rings. The van der Waals surface area contributed by atoms with E-state index in [4.69, 9.17) is 23.6 Å². The molecule has 76 valence electrons. The van der Waals surface area contributed by atoms with Gasteiger partial charge in [0.25, 0.3) is 0 Å². The fraction of sp³-hybridized carbons (Fsp3) is 0. The van der Waals surface area contributed by atoms with Gasteiger partial charge in [-0.1, -0.05) is 0 Å². The van der Waals surface area contributed by atoms with Crippen molar-refractivity contribution in [2.75, 3.05) is 0 Å². The summed E-state index contributed by atoms with van der Waals surface area (Å²) in [5, 5.41) is 10.5. The minimum absolute atomic E-state index is 0. The van der Waals surface area contributed by atoms with E-state index in [-0.39, 0.29) is 70.5 Å². The average molecular weight is 272 g/mol. The van der Waals surface area contributed by atoms with E-state index in [1.54, 1.807) is 0 Å². The first-order chi connectivity index (χ1) is 5.04. The van der Waals surface area contributed by atoms with Crippen molar-refractivity contribution in [1.82, 2.24) is 13.2 Å². The van der Waals surface area contributed by atoms with Crippen molar-refractivity contribution < 1.29 is 67.4 Å². The number of rotatable bonds is 0. The first-order valence-corrected chi connectivity index (χ1v) is 2.97. The number of nitrogens with zero attached hydrogens (tertiary/aromatic N) is 3. The molecule has 14 heavy (non-hydrogen) atoms. The molecule has 0 aliphatic rings. The van der Waals surface area contributed by atoms with Gasteiger partial charge in [-0.25, -0.2) is 9.59 Å². The van der Waals surface area contributed by atoms with Crippen LogP contribution in [0.15, 0.2) is 9.59 Å². The van der Waals surface area contributed by atoms with Gasteiger partial charge in [-0.05, 0) is 0 Å². The molecule has 0 aromatic carbocycles. The quantitative estimate of drug-likeness (QED) is 0.433. The molecule has 0 saturated carbocycles. The van der Waals surface area contributed by atoms with Gasteiger partial charge in [0.05, 0.1) is 6.01 Å². The minimum atomic E-state index is -1.14. The number of hydrogen-bond acceptors (Lipinski definition) is 4. The SMILES string of the molecule is O.O.O=c1nc([O-])n(Cl)c(=O)n1Cl.[K+]. The Bertz CT molecular complexity index is 402. The van der Waals surface area contributed by atoms with Crippen LogP contribution in [0.5, 0.6) is 6.01 Å². The smallest absolute Gasteiger partial charge is 0.845 e. The van der Waals surface area contributed by atoms with E-state index in [9.17, 15) is 14.7 Å². The summed E-state index contributed by atoms with van der Waals surface area (Å²) in [6, 6.07) is -1.14. The van der Waals surface area contributed by atoms with Crippen LogP contribution in [0, 0.1) is 0 Å². The van der Waals surface area contributed by atoms with E-state index in [1.807, 2.05) is 0 Å². The summed E-state index contributed by atoms with van der Waals surface area (Å²) in [7, 11) is 0. The third-order valence-electron chi connectivity index (χ3n) is 0.863. The second-order valence-electron chi connectivity index (χ2n) is 1.52. The second kappa shape index (κ2) is 7.79. The summed E-state index contributed by atoms with van der Waals surface area (Å²) < 4.78 is 0.211. The van der Waals surface area contributed by atoms with Crippen LogP contribution in [-0.4, -0.2) is 24.1 Å².